The Balaban J connectivity index is 0. The van der Waals surface area contributed by atoms with Crippen LogP contribution < -0.4 is 5.84 Å². The summed E-state index contributed by atoms with van der Waals surface area (Å²) in [5.74, 6) is 4.91. The molecule has 0 aliphatic heterocycles. The van der Waals surface area contributed by atoms with Crippen LogP contribution in [0, 0.1) is 5.41 Å². The number of hydrogen-bond donors (Lipinski definition) is 2. The van der Waals surface area contributed by atoms with Gasteiger partial charge in [0.1, 0.15) is 5.84 Å². The molecule has 0 spiro atoms. The van der Waals surface area contributed by atoms with Crippen LogP contribution >= 0.6 is 0 Å². The molecule has 0 fully saturated rings. The van der Waals surface area contributed by atoms with E-state index in [-0.39, 0.29) is 7.26 Å². The van der Waals surface area contributed by atoms with Gasteiger partial charge in [0.2, 0.25) is 0 Å². The quantitative estimate of drug-likeness (QED) is 0.155. The summed E-state index contributed by atoms with van der Waals surface area (Å²) in [6, 6.07) is 0. The van der Waals surface area contributed by atoms with Crippen LogP contribution in [0.1, 0.15) is 14.3 Å². The zero-order valence-electron chi connectivity index (χ0n) is 6.00. The van der Waals surface area contributed by atoms with Gasteiger partial charge < -0.3 is 10.6 Å². The summed E-state index contributed by atoms with van der Waals surface area (Å²) >= 11 is 0. The highest BCUT2D eigenvalue weighted by molar-refractivity contribution is 5.79. The molecule has 5 nitrogen and oxygen atoms in total. The van der Waals surface area contributed by atoms with E-state index >= 15 is 0 Å². The van der Waals surface area contributed by atoms with Crippen molar-refractivity contribution in [2.45, 2.75) is 12.8 Å². The topological polar surface area (TPSA) is 83.8 Å². The number of nitrogens with zero attached hydrogens (tertiary/aromatic N) is 2. The van der Waals surface area contributed by atoms with E-state index < -0.39 is 0 Å². The number of methoxy groups -OCH3 is 1. The standard InChI is InChI=1S/C5H12N4O.H2/c1-10-4-2-3-5(6)8-9-7;/h2-4H2,1H3,(H3,6,7,8);1H. The van der Waals surface area contributed by atoms with E-state index in [1.807, 2.05) is 0 Å². The first-order valence-corrected chi connectivity index (χ1v) is 2.98. The number of nitrogens with two attached hydrogens (primary N) is 1. The van der Waals surface area contributed by atoms with Crippen molar-refractivity contribution in [1.82, 2.24) is 0 Å². The first kappa shape index (κ1) is 9.03. The first-order valence-electron chi connectivity index (χ1n) is 2.98. The van der Waals surface area contributed by atoms with Gasteiger partial charge in [-0.25, -0.2) is 0 Å². The van der Waals surface area contributed by atoms with Crippen LogP contribution in [0.4, 0.5) is 0 Å². The number of ether oxygens (including phenoxy) is 1. The van der Waals surface area contributed by atoms with Crippen molar-refractivity contribution in [1.29, 1.82) is 5.41 Å². The Labute approximate surface area is 61.2 Å². The molecular formula is C5H14N4O. The molecule has 3 N–H and O–H groups in total. The average molecular weight is 146 g/mol. The number of hydrogen-bond acceptors (Lipinski definition) is 3. The predicted molar refractivity (Wildman–Crippen MR) is 40.0 cm³/mol. The molecule has 0 aromatic heterocycles. The normalized spacial score (nSPS) is 10.5. The Morgan fingerprint density at radius 3 is 3.00 bits per heavy atom. The fraction of sp³-hybridized carbons (Fsp3) is 0.800. The van der Waals surface area contributed by atoms with Gasteiger partial charge in [-0.3, -0.25) is 5.41 Å². The van der Waals surface area contributed by atoms with Gasteiger partial charge in [-0.15, -0.1) is 5.11 Å². The van der Waals surface area contributed by atoms with Crippen LogP contribution in [-0.4, -0.2) is 19.6 Å². The van der Waals surface area contributed by atoms with Gasteiger partial charge in [0, 0.05) is 21.6 Å². The average Bonchev–Trinajstić information content (AvgIpc) is 1.89. The van der Waals surface area contributed by atoms with Crippen molar-refractivity contribution in [3.8, 4) is 0 Å². The molecule has 60 valence electrons. The van der Waals surface area contributed by atoms with Crippen molar-refractivity contribution < 1.29 is 6.16 Å². The van der Waals surface area contributed by atoms with E-state index in [2.05, 4.69) is 10.3 Å². The molecule has 0 unspecified atom stereocenters. The molecule has 0 heterocycles. The molecule has 0 rings (SSSR count). The van der Waals surface area contributed by atoms with Crippen LogP contribution in [0.15, 0.2) is 10.3 Å². The second kappa shape index (κ2) is 6.15. The van der Waals surface area contributed by atoms with Crippen LogP contribution in [0.3, 0.4) is 0 Å². The second-order valence-electron chi connectivity index (χ2n) is 1.76. The summed E-state index contributed by atoms with van der Waals surface area (Å²) in [6.45, 7) is 0.641. The molecule has 0 amide bonds. The van der Waals surface area contributed by atoms with Crippen LogP contribution in [0.25, 0.3) is 0 Å². The fourth-order valence-corrected chi connectivity index (χ4v) is 0.504. The minimum Gasteiger partial charge on any atom is -0.385 e. The smallest absolute Gasteiger partial charge is 0.145 e. The highest BCUT2D eigenvalue weighted by atomic mass is 16.5. The molecule has 0 aromatic carbocycles. The molecule has 5 heteroatoms. The van der Waals surface area contributed by atoms with Crippen molar-refractivity contribution in [3.63, 3.8) is 0 Å². The lowest BCUT2D eigenvalue weighted by Gasteiger charge is -1.94. The first-order chi connectivity index (χ1) is 4.81. The zero-order chi connectivity index (χ0) is 7.82. The van der Waals surface area contributed by atoms with Crippen molar-refractivity contribution in [2.75, 3.05) is 13.7 Å². The zero-order valence-corrected chi connectivity index (χ0v) is 6.00. The van der Waals surface area contributed by atoms with Gasteiger partial charge >= 0.3 is 0 Å². The largest absolute Gasteiger partial charge is 0.385 e. The Morgan fingerprint density at radius 2 is 2.50 bits per heavy atom. The third-order valence-corrected chi connectivity index (χ3v) is 0.940. The van der Waals surface area contributed by atoms with E-state index in [0.717, 1.165) is 6.42 Å². The SMILES string of the molecule is COCCCC(=N)N=NN.[HH]. The number of rotatable bonds is 4. The van der Waals surface area contributed by atoms with Crippen LogP contribution in [0.5, 0.6) is 0 Å². The summed E-state index contributed by atoms with van der Waals surface area (Å²) in [5, 5.41) is 13.4. The lowest BCUT2D eigenvalue weighted by molar-refractivity contribution is 0.196. The maximum Gasteiger partial charge on any atom is 0.145 e. The van der Waals surface area contributed by atoms with Crippen molar-refractivity contribution in [2.24, 2.45) is 16.2 Å². The van der Waals surface area contributed by atoms with E-state index in [9.17, 15) is 0 Å². The van der Waals surface area contributed by atoms with E-state index in [4.69, 9.17) is 16.0 Å². The molecule has 0 aromatic rings. The number of amidine groups is 1. The molecule has 0 atom stereocenters. The fourth-order valence-electron chi connectivity index (χ4n) is 0.504. The van der Waals surface area contributed by atoms with Gasteiger partial charge in [0.25, 0.3) is 0 Å². The minimum absolute atomic E-state index is 0. The molecule has 10 heavy (non-hydrogen) atoms. The van der Waals surface area contributed by atoms with Crippen molar-refractivity contribution >= 4 is 5.84 Å². The monoisotopic (exact) mass is 146 g/mol. The molecule has 0 aliphatic rings. The highest BCUT2D eigenvalue weighted by Crippen LogP contribution is 1.92. The lowest BCUT2D eigenvalue weighted by Crippen LogP contribution is -1.96. The molecule has 0 saturated heterocycles. The maximum absolute atomic E-state index is 7.07. The molecule has 0 bridgehead atoms. The summed E-state index contributed by atoms with van der Waals surface area (Å²) in [7, 11) is 1.62. The van der Waals surface area contributed by atoms with Gasteiger partial charge in [-0.1, -0.05) is 5.22 Å². The Kier molecular flexibility index (Phi) is 5.56. The van der Waals surface area contributed by atoms with E-state index in [0.29, 0.717) is 13.0 Å². The van der Waals surface area contributed by atoms with E-state index in [1.54, 1.807) is 7.11 Å². The lowest BCUT2D eigenvalue weighted by atomic mass is 10.3. The van der Waals surface area contributed by atoms with E-state index in [1.165, 1.54) is 0 Å². The predicted octanol–water partition coefficient (Wildman–Crippen LogP) is 0.962. The summed E-state index contributed by atoms with van der Waals surface area (Å²) in [4.78, 5) is 0. The molecule has 0 saturated carbocycles. The Bertz CT molecular complexity index is 128. The Hall–Kier alpha value is -0.970. The van der Waals surface area contributed by atoms with Gasteiger partial charge in [0.15, 0.2) is 0 Å². The second-order valence-corrected chi connectivity index (χ2v) is 1.76. The molecular weight excluding hydrogens is 132 g/mol. The van der Waals surface area contributed by atoms with Gasteiger partial charge in [0.05, 0.1) is 0 Å². The van der Waals surface area contributed by atoms with Crippen LogP contribution in [0.2, 0.25) is 0 Å². The highest BCUT2D eigenvalue weighted by Gasteiger charge is 1.92. The summed E-state index contributed by atoms with van der Waals surface area (Å²) in [5.41, 5.74) is 0. The summed E-state index contributed by atoms with van der Waals surface area (Å²) in [6.07, 6.45) is 1.35. The molecule has 0 radical (unpaired) electrons. The molecule has 0 aliphatic carbocycles. The third kappa shape index (κ3) is 5.17. The van der Waals surface area contributed by atoms with Gasteiger partial charge in [-0.05, 0) is 6.42 Å². The van der Waals surface area contributed by atoms with Crippen molar-refractivity contribution in [3.05, 3.63) is 0 Å². The Morgan fingerprint density at radius 1 is 1.80 bits per heavy atom. The number of nitrogens with one attached hydrogen (secondary N) is 1. The maximum atomic E-state index is 7.07. The third-order valence-electron chi connectivity index (χ3n) is 0.940. The van der Waals surface area contributed by atoms with Crippen LogP contribution in [-0.2, 0) is 4.74 Å². The minimum atomic E-state index is 0. The summed E-state index contributed by atoms with van der Waals surface area (Å²) < 4.78 is 4.77. The van der Waals surface area contributed by atoms with Gasteiger partial charge in [-0.2, -0.15) is 0 Å².